The molecule has 0 radical (unpaired) electrons. The predicted octanol–water partition coefficient (Wildman–Crippen LogP) is 0.558. The topological polar surface area (TPSA) is 20.2 Å². The number of allylic oxidation sites excluding steroid dienone is 1. The second-order valence-electron chi connectivity index (χ2n) is 0.979. The van der Waals surface area contributed by atoms with Gasteiger partial charge in [0.25, 0.3) is 0 Å². The van der Waals surface area contributed by atoms with Crippen molar-refractivity contribution in [2.75, 3.05) is 6.61 Å². The van der Waals surface area contributed by atoms with Gasteiger partial charge in [-0.25, -0.2) is 0 Å². The molecule has 0 bridgehead atoms. The van der Waals surface area contributed by atoms with Crippen molar-refractivity contribution in [1.29, 1.82) is 0 Å². The summed E-state index contributed by atoms with van der Waals surface area (Å²) in [4.78, 5) is 0. The molecule has 0 rings (SSSR count). The predicted molar refractivity (Wildman–Crippen MR) is 29.7 cm³/mol. The van der Waals surface area contributed by atoms with Crippen LogP contribution in [0.2, 0.25) is 0 Å². The van der Waals surface area contributed by atoms with E-state index in [2.05, 4.69) is 11.8 Å². The van der Waals surface area contributed by atoms with Crippen LogP contribution in [0.15, 0.2) is 12.2 Å². The number of aliphatic hydroxyl groups is 1. The maximum absolute atomic E-state index is 8.14. The van der Waals surface area contributed by atoms with Crippen molar-refractivity contribution in [3.8, 4) is 11.8 Å². The Kier molecular flexibility index (Phi) is 4.70. The monoisotopic (exact) mass is 96.1 g/mol. The van der Waals surface area contributed by atoms with Gasteiger partial charge >= 0.3 is 0 Å². The molecule has 7 heavy (non-hydrogen) atoms. The smallest absolute Gasteiger partial charge is 0.0621 e. The van der Waals surface area contributed by atoms with Gasteiger partial charge in [-0.1, -0.05) is 12.0 Å². The molecule has 0 saturated carbocycles. The molecule has 0 aromatic rings. The van der Waals surface area contributed by atoms with E-state index in [0.29, 0.717) is 0 Å². The SMILES string of the molecule is CC#C/C=C/CO. The highest BCUT2D eigenvalue weighted by Gasteiger charge is 1.57. The van der Waals surface area contributed by atoms with Gasteiger partial charge in [-0.05, 0) is 13.0 Å². The number of rotatable bonds is 1. The van der Waals surface area contributed by atoms with Crippen LogP contribution in [0.5, 0.6) is 0 Å². The lowest BCUT2D eigenvalue weighted by atomic mass is 10.5. The molecule has 0 aromatic carbocycles. The number of hydrogen-bond acceptors (Lipinski definition) is 1. The normalized spacial score (nSPS) is 8.29. The third kappa shape index (κ3) is 5.26. The van der Waals surface area contributed by atoms with E-state index >= 15 is 0 Å². The van der Waals surface area contributed by atoms with Gasteiger partial charge in [0.15, 0.2) is 0 Å². The van der Waals surface area contributed by atoms with Crippen molar-refractivity contribution >= 4 is 0 Å². The van der Waals surface area contributed by atoms with Gasteiger partial charge < -0.3 is 5.11 Å². The van der Waals surface area contributed by atoms with Crippen LogP contribution in [0, 0.1) is 11.8 Å². The van der Waals surface area contributed by atoms with Gasteiger partial charge in [-0.15, -0.1) is 5.92 Å². The van der Waals surface area contributed by atoms with E-state index in [0.717, 1.165) is 0 Å². The average Bonchev–Trinajstić information content (AvgIpc) is 1.69. The minimum atomic E-state index is 0.0781. The molecule has 0 unspecified atom stereocenters. The largest absolute Gasteiger partial charge is 0.392 e. The van der Waals surface area contributed by atoms with Gasteiger partial charge in [-0.2, -0.15) is 0 Å². The van der Waals surface area contributed by atoms with Gasteiger partial charge in [0.1, 0.15) is 0 Å². The molecule has 1 N–H and O–H groups in total. The zero-order chi connectivity index (χ0) is 5.54. The van der Waals surface area contributed by atoms with Crippen LogP contribution in [-0.2, 0) is 0 Å². The van der Waals surface area contributed by atoms with Gasteiger partial charge in [0, 0.05) is 0 Å². The number of hydrogen-bond donors (Lipinski definition) is 1. The molecular formula is C6H8O. The van der Waals surface area contributed by atoms with Crippen LogP contribution < -0.4 is 0 Å². The first-order chi connectivity index (χ1) is 3.41. The van der Waals surface area contributed by atoms with Crippen LogP contribution in [-0.4, -0.2) is 11.7 Å². The van der Waals surface area contributed by atoms with Gasteiger partial charge in [0.05, 0.1) is 6.61 Å². The fourth-order valence-corrected chi connectivity index (χ4v) is 0.195. The molecule has 0 atom stereocenters. The summed E-state index contributed by atoms with van der Waals surface area (Å²) in [7, 11) is 0. The van der Waals surface area contributed by atoms with E-state index < -0.39 is 0 Å². The van der Waals surface area contributed by atoms with E-state index in [1.807, 2.05) is 0 Å². The third-order valence-electron chi connectivity index (χ3n) is 0.451. The van der Waals surface area contributed by atoms with E-state index in [1.54, 1.807) is 19.1 Å². The summed E-state index contributed by atoms with van der Waals surface area (Å²) in [6.45, 7) is 1.83. The van der Waals surface area contributed by atoms with Crippen molar-refractivity contribution in [3.63, 3.8) is 0 Å². The second kappa shape index (κ2) is 5.26. The standard InChI is InChI=1S/C6H8O/c1-2-3-4-5-6-7/h4-5,7H,6H2,1H3/b5-4+. The minimum Gasteiger partial charge on any atom is -0.392 e. The van der Waals surface area contributed by atoms with Crippen molar-refractivity contribution < 1.29 is 5.11 Å². The van der Waals surface area contributed by atoms with Crippen molar-refractivity contribution in [2.45, 2.75) is 6.92 Å². The Morgan fingerprint density at radius 2 is 2.43 bits per heavy atom. The third-order valence-corrected chi connectivity index (χ3v) is 0.451. The van der Waals surface area contributed by atoms with Crippen LogP contribution in [0.3, 0.4) is 0 Å². The summed E-state index contributed by atoms with van der Waals surface area (Å²) >= 11 is 0. The molecule has 1 heteroatoms. The molecule has 0 amide bonds. The highest BCUT2D eigenvalue weighted by atomic mass is 16.2. The first-order valence-electron chi connectivity index (χ1n) is 2.10. The maximum Gasteiger partial charge on any atom is 0.0621 e. The van der Waals surface area contributed by atoms with Gasteiger partial charge in [-0.3, -0.25) is 0 Å². The Morgan fingerprint density at radius 1 is 1.71 bits per heavy atom. The molecule has 0 aliphatic rings. The lowest BCUT2D eigenvalue weighted by Crippen LogP contribution is -1.66. The molecule has 0 aromatic heterocycles. The summed E-state index contributed by atoms with van der Waals surface area (Å²) in [5, 5.41) is 8.14. The Hall–Kier alpha value is -0.740. The molecular weight excluding hydrogens is 88.1 g/mol. The molecule has 38 valence electrons. The lowest BCUT2D eigenvalue weighted by molar-refractivity contribution is 0.343. The fourth-order valence-electron chi connectivity index (χ4n) is 0.195. The van der Waals surface area contributed by atoms with Crippen molar-refractivity contribution in [2.24, 2.45) is 0 Å². The molecule has 1 nitrogen and oxygen atoms in total. The van der Waals surface area contributed by atoms with E-state index in [9.17, 15) is 0 Å². The molecule has 0 aliphatic heterocycles. The summed E-state index contributed by atoms with van der Waals surface area (Å²) in [6.07, 6.45) is 3.22. The minimum absolute atomic E-state index is 0.0781. The molecule has 0 fully saturated rings. The Bertz CT molecular complexity index is 103. The average molecular weight is 96.1 g/mol. The quantitative estimate of drug-likeness (QED) is 0.473. The first kappa shape index (κ1) is 6.26. The molecule has 0 spiro atoms. The zero-order valence-corrected chi connectivity index (χ0v) is 4.31. The Labute approximate surface area is 43.7 Å². The molecule has 0 aliphatic carbocycles. The van der Waals surface area contributed by atoms with Crippen molar-refractivity contribution in [1.82, 2.24) is 0 Å². The lowest BCUT2D eigenvalue weighted by Gasteiger charge is -1.67. The van der Waals surface area contributed by atoms with Crippen LogP contribution in [0.4, 0.5) is 0 Å². The fraction of sp³-hybridized carbons (Fsp3) is 0.333. The summed E-state index contributed by atoms with van der Waals surface area (Å²) in [6, 6.07) is 0. The highest BCUT2D eigenvalue weighted by Crippen LogP contribution is 1.64. The molecule has 0 heterocycles. The number of aliphatic hydroxyl groups excluding tert-OH is 1. The molecule has 0 saturated heterocycles. The van der Waals surface area contributed by atoms with E-state index in [-0.39, 0.29) is 6.61 Å². The maximum atomic E-state index is 8.14. The van der Waals surface area contributed by atoms with Crippen molar-refractivity contribution in [3.05, 3.63) is 12.2 Å². The van der Waals surface area contributed by atoms with Gasteiger partial charge in [0.2, 0.25) is 0 Å². The van der Waals surface area contributed by atoms with Crippen LogP contribution in [0.25, 0.3) is 0 Å². The Balaban J connectivity index is 3.21. The highest BCUT2D eigenvalue weighted by molar-refractivity contribution is 5.13. The first-order valence-corrected chi connectivity index (χ1v) is 2.10. The second-order valence-corrected chi connectivity index (χ2v) is 0.979. The van der Waals surface area contributed by atoms with Crippen LogP contribution in [0.1, 0.15) is 6.92 Å². The van der Waals surface area contributed by atoms with E-state index in [4.69, 9.17) is 5.11 Å². The Morgan fingerprint density at radius 3 is 2.86 bits per heavy atom. The summed E-state index contributed by atoms with van der Waals surface area (Å²) < 4.78 is 0. The zero-order valence-electron chi connectivity index (χ0n) is 4.31. The van der Waals surface area contributed by atoms with E-state index in [1.165, 1.54) is 0 Å². The summed E-state index contributed by atoms with van der Waals surface area (Å²) in [5.74, 6) is 5.31. The van der Waals surface area contributed by atoms with Crippen LogP contribution >= 0.6 is 0 Å². The summed E-state index contributed by atoms with van der Waals surface area (Å²) in [5.41, 5.74) is 0.